The molecule has 0 N–H and O–H groups in total. The zero-order chi connectivity index (χ0) is 23.5. The fraction of sp³-hybridized carbons (Fsp3) is 0.480. The normalized spacial score (nSPS) is 21.5. The number of hydrogen-bond acceptors (Lipinski definition) is 7. The quantitative estimate of drug-likeness (QED) is 0.592. The Hall–Kier alpha value is -2.58. The van der Waals surface area contributed by atoms with Gasteiger partial charge in [-0.2, -0.15) is 0 Å². The van der Waals surface area contributed by atoms with Gasteiger partial charge in [-0.1, -0.05) is 49.0 Å². The maximum absolute atomic E-state index is 13.3. The summed E-state index contributed by atoms with van der Waals surface area (Å²) >= 11 is 1.51. The van der Waals surface area contributed by atoms with E-state index < -0.39 is 0 Å². The minimum atomic E-state index is -0.380. The molecule has 1 atom stereocenters. The number of carbonyl (C=O) groups is 2. The molecule has 7 nitrogen and oxygen atoms in total. The second-order valence-corrected chi connectivity index (χ2v) is 9.56. The highest BCUT2D eigenvalue weighted by Gasteiger charge is 2.41. The Morgan fingerprint density at radius 2 is 1.91 bits per heavy atom. The fourth-order valence-corrected chi connectivity index (χ4v) is 5.67. The summed E-state index contributed by atoms with van der Waals surface area (Å²) in [5.41, 5.74) is 3.12. The van der Waals surface area contributed by atoms with E-state index in [1.165, 1.54) is 18.9 Å². The molecule has 0 unspecified atom stereocenters. The number of piperidine rings is 1. The van der Waals surface area contributed by atoms with Crippen molar-refractivity contribution in [1.82, 2.24) is 14.7 Å². The minimum Gasteiger partial charge on any atom is -0.466 e. The first kappa shape index (κ1) is 23.6. The molecule has 1 amide bonds. The van der Waals surface area contributed by atoms with E-state index in [0.717, 1.165) is 48.1 Å². The highest BCUT2D eigenvalue weighted by atomic mass is 32.2. The van der Waals surface area contributed by atoms with Crippen molar-refractivity contribution in [2.45, 2.75) is 44.7 Å². The molecule has 8 heteroatoms. The zero-order valence-corrected chi connectivity index (χ0v) is 20.6. The molecule has 176 valence electrons. The third kappa shape index (κ3) is 4.73. The molecule has 1 aromatic rings. The van der Waals surface area contributed by atoms with Crippen molar-refractivity contribution in [2.24, 2.45) is 4.99 Å². The summed E-state index contributed by atoms with van der Waals surface area (Å²) < 4.78 is 5.17. The van der Waals surface area contributed by atoms with E-state index in [9.17, 15) is 9.59 Å². The van der Waals surface area contributed by atoms with Gasteiger partial charge in [0.15, 0.2) is 5.17 Å². The summed E-state index contributed by atoms with van der Waals surface area (Å²) in [7, 11) is 5.44. The van der Waals surface area contributed by atoms with Crippen molar-refractivity contribution in [3.8, 4) is 0 Å². The van der Waals surface area contributed by atoms with Gasteiger partial charge in [-0.25, -0.2) is 9.79 Å². The number of amidine groups is 1. The van der Waals surface area contributed by atoms with E-state index in [1.807, 2.05) is 59.5 Å². The second kappa shape index (κ2) is 10.1. The van der Waals surface area contributed by atoms with Gasteiger partial charge in [-0.05, 0) is 50.4 Å². The van der Waals surface area contributed by atoms with Crippen LogP contribution in [0.2, 0.25) is 0 Å². The van der Waals surface area contributed by atoms with Crippen LogP contribution in [0, 0.1) is 0 Å². The number of ether oxygens (including phenoxy) is 1. The molecule has 1 saturated heterocycles. The molecule has 1 aromatic carbocycles. The van der Waals surface area contributed by atoms with Gasteiger partial charge in [0.05, 0.1) is 30.8 Å². The van der Waals surface area contributed by atoms with E-state index in [4.69, 9.17) is 9.73 Å². The molecule has 3 aliphatic heterocycles. The predicted molar refractivity (Wildman–Crippen MR) is 131 cm³/mol. The SMILES string of the molecule is CCC1=C(C(=O)OC)[C@H](c2ccccc2)N2C(CC(=O)N(C)C3CCN(C)CC3)=CSC2=N1. The van der Waals surface area contributed by atoms with Gasteiger partial charge in [0.1, 0.15) is 0 Å². The zero-order valence-electron chi connectivity index (χ0n) is 19.8. The van der Waals surface area contributed by atoms with Gasteiger partial charge >= 0.3 is 5.97 Å². The maximum atomic E-state index is 13.3. The molecule has 0 spiro atoms. The van der Waals surface area contributed by atoms with Crippen molar-refractivity contribution < 1.29 is 14.3 Å². The lowest BCUT2D eigenvalue weighted by atomic mass is 9.93. The van der Waals surface area contributed by atoms with Gasteiger partial charge < -0.3 is 19.4 Å². The lowest BCUT2D eigenvalue weighted by Crippen LogP contribution is -2.45. The van der Waals surface area contributed by atoms with Gasteiger partial charge in [0.25, 0.3) is 0 Å². The summed E-state index contributed by atoms with van der Waals surface area (Å²) in [5, 5.41) is 2.81. The van der Waals surface area contributed by atoms with Crippen LogP contribution in [0.3, 0.4) is 0 Å². The van der Waals surface area contributed by atoms with E-state index in [2.05, 4.69) is 11.9 Å². The Morgan fingerprint density at radius 3 is 2.55 bits per heavy atom. The van der Waals surface area contributed by atoms with Crippen LogP contribution in [0.15, 0.2) is 57.7 Å². The Morgan fingerprint density at radius 1 is 1.21 bits per heavy atom. The molecule has 3 aliphatic rings. The molecule has 4 rings (SSSR count). The molecule has 0 aliphatic carbocycles. The summed E-state index contributed by atoms with van der Waals surface area (Å²) in [6.07, 6.45) is 2.88. The standard InChI is InChI=1S/C25H32N4O3S/c1-5-20-22(24(31)32-4)23(17-9-7-6-8-10-17)29-19(16-33-25(29)26-20)15-21(30)28(3)18-11-13-27(2)14-12-18/h6-10,16,18,23H,5,11-15H2,1-4H3/t23-/m0/s1. The van der Waals surface area contributed by atoms with Crippen LogP contribution < -0.4 is 0 Å². The third-order valence-corrected chi connectivity index (χ3v) is 7.59. The van der Waals surface area contributed by atoms with E-state index in [-0.39, 0.29) is 30.4 Å². The topological polar surface area (TPSA) is 65.5 Å². The van der Waals surface area contributed by atoms with Crippen LogP contribution in [-0.4, -0.2) is 72.1 Å². The number of thioether (sulfide) groups is 1. The third-order valence-electron chi connectivity index (χ3n) is 6.71. The molecule has 0 radical (unpaired) electrons. The van der Waals surface area contributed by atoms with Gasteiger partial charge in [-0.15, -0.1) is 0 Å². The van der Waals surface area contributed by atoms with E-state index in [0.29, 0.717) is 12.0 Å². The number of amides is 1. The lowest BCUT2D eigenvalue weighted by Gasteiger charge is -2.38. The van der Waals surface area contributed by atoms with Crippen molar-refractivity contribution in [3.63, 3.8) is 0 Å². The number of nitrogens with zero attached hydrogens (tertiary/aromatic N) is 4. The average Bonchev–Trinajstić information content (AvgIpc) is 3.24. The first-order chi connectivity index (χ1) is 15.9. The van der Waals surface area contributed by atoms with Crippen LogP contribution in [0.25, 0.3) is 0 Å². The van der Waals surface area contributed by atoms with E-state index >= 15 is 0 Å². The van der Waals surface area contributed by atoms with Gasteiger partial charge in [0.2, 0.25) is 5.91 Å². The molecule has 1 fully saturated rings. The number of aliphatic imine (C=N–C) groups is 1. The van der Waals surface area contributed by atoms with Crippen LogP contribution in [0.4, 0.5) is 0 Å². The number of esters is 1. The first-order valence-corrected chi connectivity index (χ1v) is 12.4. The number of methoxy groups -OCH3 is 1. The Labute approximate surface area is 200 Å². The van der Waals surface area contributed by atoms with Crippen molar-refractivity contribution in [3.05, 3.63) is 58.3 Å². The summed E-state index contributed by atoms with van der Waals surface area (Å²) in [5.74, 6) is -0.288. The van der Waals surface area contributed by atoms with Crippen molar-refractivity contribution >= 4 is 28.8 Å². The minimum absolute atomic E-state index is 0.0920. The maximum Gasteiger partial charge on any atom is 0.338 e. The van der Waals surface area contributed by atoms with Crippen molar-refractivity contribution in [2.75, 3.05) is 34.3 Å². The summed E-state index contributed by atoms with van der Waals surface area (Å²) in [4.78, 5) is 37.2. The highest BCUT2D eigenvalue weighted by molar-refractivity contribution is 8.16. The highest BCUT2D eigenvalue weighted by Crippen LogP contribution is 2.45. The smallest absolute Gasteiger partial charge is 0.338 e. The molecule has 3 heterocycles. The summed E-state index contributed by atoms with van der Waals surface area (Å²) in [6, 6.07) is 9.80. The number of hydrogen-bond donors (Lipinski definition) is 0. The molecule has 0 aromatic heterocycles. The molecule has 33 heavy (non-hydrogen) atoms. The molecular weight excluding hydrogens is 436 g/mol. The Balaban J connectivity index is 1.62. The number of fused-ring (bicyclic) bond motifs is 1. The van der Waals surface area contributed by atoms with Gasteiger partial charge in [-0.3, -0.25) is 4.79 Å². The number of carbonyl (C=O) groups excluding carboxylic acids is 2. The molecule has 0 bridgehead atoms. The fourth-order valence-electron chi connectivity index (χ4n) is 4.73. The predicted octanol–water partition coefficient (Wildman–Crippen LogP) is 3.77. The monoisotopic (exact) mass is 468 g/mol. The number of benzene rings is 1. The Kier molecular flexibility index (Phi) is 7.24. The average molecular weight is 469 g/mol. The van der Waals surface area contributed by atoms with Crippen molar-refractivity contribution in [1.29, 1.82) is 0 Å². The summed E-state index contributed by atoms with van der Waals surface area (Å²) in [6.45, 7) is 4.01. The largest absolute Gasteiger partial charge is 0.466 e. The van der Waals surface area contributed by atoms with Crippen LogP contribution >= 0.6 is 11.8 Å². The first-order valence-electron chi connectivity index (χ1n) is 11.5. The van der Waals surface area contributed by atoms with Crippen LogP contribution in [0.1, 0.15) is 44.2 Å². The van der Waals surface area contributed by atoms with Gasteiger partial charge in [0, 0.05) is 18.8 Å². The van der Waals surface area contributed by atoms with Crippen LogP contribution in [0.5, 0.6) is 0 Å². The number of allylic oxidation sites excluding steroid dienone is 1. The number of rotatable bonds is 6. The van der Waals surface area contributed by atoms with Crippen LogP contribution in [-0.2, 0) is 14.3 Å². The van der Waals surface area contributed by atoms with E-state index in [1.54, 1.807) is 0 Å². The molecular formula is C25H32N4O3S. The second-order valence-electron chi connectivity index (χ2n) is 8.73. The Bertz CT molecular complexity index is 996. The molecule has 0 saturated carbocycles. The lowest BCUT2D eigenvalue weighted by molar-refractivity contribution is -0.136. The number of likely N-dealkylation sites (tertiary alicyclic amines) is 1.